The number of piperazine rings is 1. The van der Waals surface area contributed by atoms with Crippen molar-refractivity contribution in [3.63, 3.8) is 0 Å². The van der Waals surface area contributed by atoms with Gasteiger partial charge in [-0.2, -0.15) is 0 Å². The van der Waals surface area contributed by atoms with E-state index in [1.165, 1.54) is 0 Å². The summed E-state index contributed by atoms with van der Waals surface area (Å²) in [6.07, 6.45) is 4.16. The smallest absolute Gasteiger partial charge is 0.200 e. The summed E-state index contributed by atoms with van der Waals surface area (Å²) in [5, 5.41) is 3.11. The monoisotopic (exact) mass is 348 g/mol. The molecule has 0 unspecified atom stereocenters. The molecule has 24 heavy (non-hydrogen) atoms. The lowest BCUT2D eigenvalue weighted by Crippen LogP contribution is -2.45. The van der Waals surface area contributed by atoms with Gasteiger partial charge in [0.05, 0.1) is 0 Å². The summed E-state index contributed by atoms with van der Waals surface area (Å²) in [7, 11) is 0. The van der Waals surface area contributed by atoms with E-state index in [1.54, 1.807) is 11.0 Å². The summed E-state index contributed by atoms with van der Waals surface area (Å²) < 4.78 is 68.8. The van der Waals surface area contributed by atoms with E-state index >= 15 is 0 Å². The number of nitrogens with zero attached hydrogens (tertiary/aromatic N) is 1. The molecular formula is C17H21F5N2. The molecule has 0 aliphatic carbocycles. The van der Waals surface area contributed by atoms with Crippen molar-refractivity contribution < 1.29 is 22.0 Å². The molecule has 1 aliphatic rings. The van der Waals surface area contributed by atoms with Gasteiger partial charge in [-0.1, -0.05) is 12.5 Å². The first-order valence-electron chi connectivity index (χ1n) is 8.06. The van der Waals surface area contributed by atoms with Crippen molar-refractivity contribution in [2.75, 3.05) is 26.2 Å². The molecule has 1 aromatic rings. The molecule has 134 valence electrons. The average Bonchev–Trinajstić information content (AvgIpc) is 2.61. The maximum absolute atomic E-state index is 14.2. The van der Waals surface area contributed by atoms with Crippen LogP contribution in [0.1, 0.15) is 37.3 Å². The minimum Gasteiger partial charge on any atom is -0.314 e. The minimum atomic E-state index is -2.11. The molecular weight excluding hydrogens is 327 g/mol. The van der Waals surface area contributed by atoms with Crippen LogP contribution in [0.4, 0.5) is 22.0 Å². The van der Waals surface area contributed by atoms with Crippen LogP contribution in [0, 0.1) is 29.1 Å². The summed E-state index contributed by atoms with van der Waals surface area (Å²) in [5.74, 6) is -9.32. The molecule has 7 heteroatoms. The van der Waals surface area contributed by atoms with Crippen LogP contribution in [0.25, 0.3) is 0 Å². The fraction of sp³-hybridized carbons (Fsp3) is 0.529. The zero-order valence-electron chi connectivity index (χ0n) is 13.4. The number of allylic oxidation sites excluding steroid dienone is 1. The lowest BCUT2D eigenvalue weighted by Gasteiger charge is -2.35. The molecule has 0 aromatic heterocycles. The standard InChI is InChI=1S/C17H21F5N2/c1-2-3-4-5-6-11(24-9-7-23-8-10-24)12-13(18)15(20)17(22)16(21)14(12)19/h2,11,23H,1,3-10H2/t11-/m0/s1. The Balaban J connectivity index is 2.36. The van der Waals surface area contributed by atoms with Gasteiger partial charge in [-0.05, 0) is 19.3 Å². The summed E-state index contributed by atoms with van der Waals surface area (Å²) in [4.78, 5) is 1.78. The molecule has 0 saturated carbocycles. The third kappa shape index (κ3) is 3.95. The number of halogens is 5. The van der Waals surface area contributed by atoms with Gasteiger partial charge < -0.3 is 5.32 Å². The van der Waals surface area contributed by atoms with E-state index in [4.69, 9.17) is 0 Å². The second-order valence-corrected chi connectivity index (χ2v) is 5.86. The fourth-order valence-corrected chi connectivity index (χ4v) is 3.04. The number of rotatable bonds is 7. The summed E-state index contributed by atoms with van der Waals surface area (Å²) in [5.41, 5.74) is -0.716. The van der Waals surface area contributed by atoms with Crippen molar-refractivity contribution in [3.05, 3.63) is 47.3 Å². The summed E-state index contributed by atoms with van der Waals surface area (Å²) >= 11 is 0. The van der Waals surface area contributed by atoms with Crippen LogP contribution in [0.3, 0.4) is 0 Å². The Kier molecular flexibility index (Phi) is 6.74. The molecule has 2 rings (SSSR count). The highest BCUT2D eigenvalue weighted by atomic mass is 19.2. The van der Waals surface area contributed by atoms with Crippen LogP contribution in [-0.4, -0.2) is 31.1 Å². The zero-order valence-corrected chi connectivity index (χ0v) is 13.4. The maximum atomic E-state index is 14.2. The molecule has 1 atom stereocenters. The van der Waals surface area contributed by atoms with E-state index in [0.717, 1.165) is 12.8 Å². The van der Waals surface area contributed by atoms with E-state index in [-0.39, 0.29) is 0 Å². The first-order valence-corrected chi connectivity index (χ1v) is 8.06. The second kappa shape index (κ2) is 8.58. The summed E-state index contributed by atoms with van der Waals surface area (Å²) in [6.45, 7) is 5.81. The Morgan fingerprint density at radius 1 is 0.917 bits per heavy atom. The molecule has 2 nitrogen and oxygen atoms in total. The van der Waals surface area contributed by atoms with Gasteiger partial charge >= 0.3 is 0 Å². The SMILES string of the molecule is C=CCCCC[C@@H](c1c(F)c(F)c(F)c(F)c1F)N1CCNCC1. The highest BCUT2D eigenvalue weighted by Crippen LogP contribution is 2.34. The highest BCUT2D eigenvalue weighted by Gasteiger charge is 2.33. The Bertz CT molecular complexity index is 556. The number of benzene rings is 1. The van der Waals surface area contributed by atoms with Crippen molar-refractivity contribution in [1.29, 1.82) is 0 Å². The molecule has 1 fully saturated rings. The van der Waals surface area contributed by atoms with Gasteiger partial charge in [0, 0.05) is 37.8 Å². The topological polar surface area (TPSA) is 15.3 Å². The lowest BCUT2D eigenvalue weighted by atomic mass is 9.96. The van der Waals surface area contributed by atoms with Crippen LogP contribution in [-0.2, 0) is 0 Å². The first-order chi connectivity index (χ1) is 11.5. The van der Waals surface area contributed by atoms with Crippen molar-refractivity contribution in [2.24, 2.45) is 0 Å². The average molecular weight is 348 g/mol. The Labute approximate surface area is 138 Å². The Morgan fingerprint density at radius 3 is 2.00 bits per heavy atom. The highest BCUT2D eigenvalue weighted by molar-refractivity contribution is 5.27. The van der Waals surface area contributed by atoms with Gasteiger partial charge in [0.2, 0.25) is 5.82 Å². The molecule has 1 N–H and O–H groups in total. The Hall–Kier alpha value is -1.47. The number of nitrogens with one attached hydrogen (secondary N) is 1. The van der Waals surface area contributed by atoms with Crippen molar-refractivity contribution >= 4 is 0 Å². The van der Waals surface area contributed by atoms with Crippen LogP contribution in [0.5, 0.6) is 0 Å². The van der Waals surface area contributed by atoms with E-state index in [0.29, 0.717) is 39.0 Å². The van der Waals surface area contributed by atoms with E-state index in [1.807, 2.05) is 0 Å². The maximum Gasteiger partial charge on any atom is 0.200 e. The van der Waals surface area contributed by atoms with Crippen molar-refractivity contribution in [2.45, 2.75) is 31.7 Å². The number of hydrogen-bond donors (Lipinski definition) is 1. The molecule has 1 aromatic carbocycles. The fourth-order valence-electron chi connectivity index (χ4n) is 3.04. The predicted molar refractivity (Wildman–Crippen MR) is 82.1 cm³/mol. The molecule has 1 saturated heterocycles. The van der Waals surface area contributed by atoms with Crippen LogP contribution in [0.2, 0.25) is 0 Å². The first kappa shape index (κ1) is 18.9. The van der Waals surface area contributed by atoms with Gasteiger partial charge in [-0.3, -0.25) is 4.90 Å². The summed E-state index contributed by atoms with van der Waals surface area (Å²) in [6, 6.07) is -0.832. The van der Waals surface area contributed by atoms with Gasteiger partial charge in [-0.25, -0.2) is 22.0 Å². The molecule has 1 heterocycles. The lowest BCUT2D eigenvalue weighted by molar-refractivity contribution is 0.153. The van der Waals surface area contributed by atoms with Gasteiger partial charge in [0.1, 0.15) is 0 Å². The quantitative estimate of drug-likeness (QED) is 0.263. The van der Waals surface area contributed by atoms with Crippen molar-refractivity contribution in [1.82, 2.24) is 10.2 Å². The van der Waals surface area contributed by atoms with Gasteiger partial charge in [0.15, 0.2) is 23.3 Å². The second-order valence-electron chi connectivity index (χ2n) is 5.86. The molecule has 0 bridgehead atoms. The zero-order chi connectivity index (χ0) is 17.7. The molecule has 0 spiro atoms. The van der Waals surface area contributed by atoms with Gasteiger partial charge in [-0.15, -0.1) is 6.58 Å². The Morgan fingerprint density at radius 2 is 1.46 bits per heavy atom. The van der Waals surface area contributed by atoms with E-state index in [2.05, 4.69) is 11.9 Å². The third-order valence-electron chi connectivity index (χ3n) is 4.31. The molecule has 0 radical (unpaired) electrons. The van der Waals surface area contributed by atoms with Crippen molar-refractivity contribution in [3.8, 4) is 0 Å². The third-order valence-corrected chi connectivity index (χ3v) is 4.31. The van der Waals surface area contributed by atoms with E-state index < -0.39 is 40.7 Å². The largest absolute Gasteiger partial charge is 0.314 e. The van der Waals surface area contributed by atoms with Crippen LogP contribution < -0.4 is 5.32 Å². The van der Waals surface area contributed by atoms with E-state index in [9.17, 15) is 22.0 Å². The number of hydrogen-bond acceptors (Lipinski definition) is 2. The van der Waals surface area contributed by atoms with Crippen LogP contribution >= 0.6 is 0 Å². The van der Waals surface area contributed by atoms with Crippen LogP contribution in [0.15, 0.2) is 12.7 Å². The predicted octanol–water partition coefficient (Wildman–Crippen LogP) is 4.07. The van der Waals surface area contributed by atoms with Gasteiger partial charge in [0.25, 0.3) is 0 Å². The normalized spacial score (nSPS) is 17.0. The minimum absolute atomic E-state index is 0.326. The molecule has 0 amide bonds. The number of unbranched alkanes of at least 4 members (excludes halogenated alkanes) is 2. The molecule has 1 aliphatic heterocycles.